The molecule has 0 unspecified atom stereocenters. The van der Waals surface area contributed by atoms with Crippen LogP contribution >= 0.6 is 0 Å². The minimum Gasteiger partial charge on any atom is -0.459 e. The Kier molecular flexibility index (Phi) is 2.46. The van der Waals surface area contributed by atoms with Gasteiger partial charge in [0.1, 0.15) is 11.3 Å². The summed E-state index contributed by atoms with van der Waals surface area (Å²) in [4.78, 5) is 10.7. The standard InChI is InChI=1S/C12H13NO2/c1-8-3-4-12-10(5-8)6-11(15-12)7-13-9(2)14/h3-6H,7H2,1-2H3,(H,13,14). The van der Waals surface area contributed by atoms with E-state index >= 15 is 0 Å². The number of furan rings is 1. The van der Waals surface area contributed by atoms with Crippen molar-refractivity contribution in [2.24, 2.45) is 0 Å². The van der Waals surface area contributed by atoms with Crippen LogP contribution in [0.2, 0.25) is 0 Å². The predicted molar refractivity (Wildman–Crippen MR) is 58.5 cm³/mol. The van der Waals surface area contributed by atoms with Crippen LogP contribution in [0.25, 0.3) is 11.0 Å². The number of amides is 1. The summed E-state index contributed by atoms with van der Waals surface area (Å²) in [5.41, 5.74) is 2.07. The van der Waals surface area contributed by atoms with Crippen LogP contribution in [0.4, 0.5) is 0 Å². The van der Waals surface area contributed by atoms with Gasteiger partial charge in [-0.05, 0) is 25.1 Å². The van der Waals surface area contributed by atoms with Crippen molar-refractivity contribution in [2.75, 3.05) is 0 Å². The lowest BCUT2D eigenvalue weighted by atomic mass is 10.2. The number of benzene rings is 1. The highest BCUT2D eigenvalue weighted by molar-refractivity contribution is 5.79. The van der Waals surface area contributed by atoms with E-state index < -0.39 is 0 Å². The largest absolute Gasteiger partial charge is 0.459 e. The molecule has 1 heterocycles. The summed E-state index contributed by atoms with van der Waals surface area (Å²) in [6.07, 6.45) is 0. The Bertz CT molecular complexity index is 499. The van der Waals surface area contributed by atoms with Gasteiger partial charge in [0.2, 0.25) is 5.91 Å². The van der Waals surface area contributed by atoms with E-state index in [1.807, 2.05) is 25.1 Å². The summed E-state index contributed by atoms with van der Waals surface area (Å²) < 4.78 is 5.56. The van der Waals surface area contributed by atoms with Crippen molar-refractivity contribution in [1.29, 1.82) is 0 Å². The van der Waals surface area contributed by atoms with Crippen molar-refractivity contribution in [3.05, 3.63) is 35.6 Å². The van der Waals surface area contributed by atoms with Crippen LogP contribution in [-0.4, -0.2) is 5.91 Å². The zero-order valence-electron chi connectivity index (χ0n) is 8.83. The van der Waals surface area contributed by atoms with Crippen molar-refractivity contribution >= 4 is 16.9 Å². The first kappa shape index (κ1) is 9.77. The Labute approximate surface area is 88.1 Å². The van der Waals surface area contributed by atoms with Crippen LogP contribution in [0.15, 0.2) is 28.7 Å². The van der Waals surface area contributed by atoms with Gasteiger partial charge in [-0.25, -0.2) is 0 Å². The third-order valence-electron chi connectivity index (χ3n) is 2.23. The second-order valence-electron chi connectivity index (χ2n) is 3.66. The zero-order chi connectivity index (χ0) is 10.8. The van der Waals surface area contributed by atoms with Gasteiger partial charge in [-0.15, -0.1) is 0 Å². The molecule has 0 bridgehead atoms. The third kappa shape index (κ3) is 2.18. The maximum absolute atomic E-state index is 10.7. The summed E-state index contributed by atoms with van der Waals surface area (Å²) in [5.74, 6) is 0.734. The topological polar surface area (TPSA) is 42.2 Å². The minimum absolute atomic E-state index is 0.0494. The Morgan fingerprint density at radius 3 is 2.93 bits per heavy atom. The molecule has 0 saturated heterocycles. The van der Waals surface area contributed by atoms with Crippen LogP contribution in [0.3, 0.4) is 0 Å². The van der Waals surface area contributed by atoms with Gasteiger partial charge in [-0.1, -0.05) is 11.6 Å². The molecular weight excluding hydrogens is 190 g/mol. The Balaban J connectivity index is 2.27. The van der Waals surface area contributed by atoms with Crippen molar-refractivity contribution in [3.63, 3.8) is 0 Å². The number of hydrogen-bond acceptors (Lipinski definition) is 2. The quantitative estimate of drug-likeness (QED) is 0.814. The van der Waals surface area contributed by atoms with Gasteiger partial charge >= 0.3 is 0 Å². The van der Waals surface area contributed by atoms with Crippen LogP contribution in [0.1, 0.15) is 18.2 Å². The Morgan fingerprint density at radius 1 is 1.40 bits per heavy atom. The molecule has 0 spiro atoms. The normalized spacial score (nSPS) is 10.5. The molecule has 2 rings (SSSR count). The van der Waals surface area contributed by atoms with Crippen LogP contribution in [0, 0.1) is 6.92 Å². The minimum atomic E-state index is -0.0494. The molecule has 2 aromatic rings. The average Bonchev–Trinajstić information content (AvgIpc) is 2.56. The average molecular weight is 203 g/mol. The third-order valence-corrected chi connectivity index (χ3v) is 2.23. The fourth-order valence-electron chi connectivity index (χ4n) is 1.52. The fourth-order valence-corrected chi connectivity index (χ4v) is 1.52. The second-order valence-corrected chi connectivity index (χ2v) is 3.66. The van der Waals surface area contributed by atoms with Gasteiger partial charge in [-0.3, -0.25) is 4.79 Å². The number of nitrogens with one attached hydrogen (secondary N) is 1. The van der Waals surface area contributed by atoms with Crippen molar-refractivity contribution in [3.8, 4) is 0 Å². The molecule has 1 aromatic carbocycles. The number of aryl methyl sites for hydroxylation is 1. The lowest BCUT2D eigenvalue weighted by molar-refractivity contribution is -0.119. The molecular formula is C12H13NO2. The van der Waals surface area contributed by atoms with Gasteiger partial charge in [0.25, 0.3) is 0 Å². The Morgan fingerprint density at radius 2 is 2.20 bits per heavy atom. The summed E-state index contributed by atoms with van der Waals surface area (Å²) in [6.45, 7) is 3.98. The number of carbonyl (C=O) groups is 1. The highest BCUT2D eigenvalue weighted by Crippen LogP contribution is 2.20. The molecule has 0 aliphatic carbocycles. The highest BCUT2D eigenvalue weighted by atomic mass is 16.3. The second kappa shape index (κ2) is 3.77. The van der Waals surface area contributed by atoms with Gasteiger partial charge < -0.3 is 9.73 Å². The van der Waals surface area contributed by atoms with E-state index in [4.69, 9.17) is 4.42 Å². The van der Waals surface area contributed by atoms with Crippen molar-refractivity contribution in [2.45, 2.75) is 20.4 Å². The number of hydrogen-bond donors (Lipinski definition) is 1. The predicted octanol–water partition coefficient (Wildman–Crippen LogP) is 2.38. The monoisotopic (exact) mass is 203 g/mol. The molecule has 15 heavy (non-hydrogen) atoms. The van der Waals surface area contributed by atoms with E-state index in [1.54, 1.807) is 0 Å². The first-order valence-electron chi connectivity index (χ1n) is 4.88. The van der Waals surface area contributed by atoms with Crippen molar-refractivity contribution < 1.29 is 9.21 Å². The molecule has 0 saturated carbocycles. The maximum Gasteiger partial charge on any atom is 0.217 e. The van der Waals surface area contributed by atoms with Gasteiger partial charge in [0, 0.05) is 12.3 Å². The first-order valence-corrected chi connectivity index (χ1v) is 4.88. The lowest BCUT2D eigenvalue weighted by Crippen LogP contribution is -2.18. The zero-order valence-corrected chi connectivity index (χ0v) is 8.83. The Hall–Kier alpha value is -1.77. The summed E-state index contributed by atoms with van der Waals surface area (Å²) in [5, 5.41) is 3.78. The molecule has 3 nitrogen and oxygen atoms in total. The molecule has 0 aliphatic heterocycles. The molecule has 1 amide bonds. The van der Waals surface area contributed by atoms with E-state index in [-0.39, 0.29) is 5.91 Å². The van der Waals surface area contributed by atoms with E-state index in [9.17, 15) is 4.79 Å². The van der Waals surface area contributed by atoms with E-state index in [2.05, 4.69) is 11.4 Å². The number of rotatable bonds is 2. The molecule has 0 fully saturated rings. The van der Waals surface area contributed by atoms with Gasteiger partial charge in [-0.2, -0.15) is 0 Å². The lowest BCUT2D eigenvalue weighted by Gasteiger charge is -1.96. The van der Waals surface area contributed by atoms with E-state index in [1.165, 1.54) is 12.5 Å². The van der Waals surface area contributed by atoms with E-state index in [0.29, 0.717) is 6.54 Å². The number of carbonyl (C=O) groups excluding carboxylic acids is 1. The number of fused-ring (bicyclic) bond motifs is 1. The molecule has 0 radical (unpaired) electrons. The van der Waals surface area contributed by atoms with Crippen LogP contribution in [0.5, 0.6) is 0 Å². The summed E-state index contributed by atoms with van der Waals surface area (Å²) in [7, 11) is 0. The van der Waals surface area contributed by atoms with Gasteiger partial charge in [0.05, 0.1) is 6.54 Å². The van der Waals surface area contributed by atoms with Crippen molar-refractivity contribution in [1.82, 2.24) is 5.32 Å². The summed E-state index contributed by atoms with van der Waals surface area (Å²) in [6, 6.07) is 7.98. The molecule has 78 valence electrons. The fraction of sp³-hybridized carbons (Fsp3) is 0.250. The molecule has 0 aliphatic rings. The molecule has 0 atom stereocenters. The van der Waals surface area contributed by atoms with Gasteiger partial charge in [0.15, 0.2) is 0 Å². The SMILES string of the molecule is CC(=O)NCc1cc2cc(C)ccc2o1. The van der Waals surface area contributed by atoms with Crippen LogP contribution < -0.4 is 5.32 Å². The maximum atomic E-state index is 10.7. The molecule has 1 N–H and O–H groups in total. The first-order chi connectivity index (χ1) is 7.15. The highest BCUT2D eigenvalue weighted by Gasteiger charge is 2.03. The smallest absolute Gasteiger partial charge is 0.217 e. The summed E-state index contributed by atoms with van der Waals surface area (Å²) >= 11 is 0. The van der Waals surface area contributed by atoms with Crippen LogP contribution in [-0.2, 0) is 11.3 Å². The van der Waals surface area contributed by atoms with E-state index in [0.717, 1.165) is 16.7 Å². The molecule has 3 heteroatoms. The molecule has 1 aromatic heterocycles.